The third-order valence-electron chi connectivity index (χ3n) is 5.17. The fourth-order valence-corrected chi connectivity index (χ4v) is 4.23. The molecule has 0 radical (unpaired) electrons. The Kier molecular flexibility index (Phi) is 8.06. The monoisotopic (exact) mass is 515 g/mol. The largest absolute Gasteiger partial charge is 0.497 e. The second-order valence-corrected chi connectivity index (χ2v) is 8.47. The van der Waals surface area contributed by atoms with Crippen molar-refractivity contribution in [2.24, 2.45) is 5.10 Å². The second kappa shape index (κ2) is 11.8. The van der Waals surface area contributed by atoms with Crippen molar-refractivity contribution in [3.63, 3.8) is 0 Å². The predicted molar refractivity (Wildman–Crippen MR) is 143 cm³/mol. The van der Waals surface area contributed by atoms with E-state index >= 15 is 0 Å². The molecular weight excluding hydrogens is 494 g/mol. The molecule has 37 heavy (non-hydrogen) atoms. The Morgan fingerprint density at radius 3 is 2.62 bits per heavy atom. The van der Waals surface area contributed by atoms with Crippen molar-refractivity contribution in [2.75, 3.05) is 12.9 Å². The molecule has 0 atom stereocenters. The fraction of sp³-hybridized carbons (Fsp3) is 0.0769. The summed E-state index contributed by atoms with van der Waals surface area (Å²) in [5, 5.41) is 15.7. The van der Waals surface area contributed by atoms with Crippen LogP contribution in [0.2, 0.25) is 0 Å². The molecule has 4 aromatic rings. The number of carbonyl (C=O) groups is 1. The summed E-state index contributed by atoms with van der Waals surface area (Å²) in [4.78, 5) is 40.9. The number of nitro benzene ring substituents is 1. The maximum atomic E-state index is 13.3. The lowest BCUT2D eigenvalue weighted by Crippen LogP contribution is -2.24. The second-order valence-electron chi connectivity index (χ2n) is 7.53. The van der Waals surface area contributed by atoms with Crippen molar-refractivity contribution >= 4 is 46.5 Å². The average molecular weight is 516 g/mol. The molecule has 1 heterocycles. The first kappa shape index (κ1) is 25.3. The maximum Gasteiger partial charge on any atom is 0.276 e. The van der Waals surface area contributed by atoms with Crippen LogP contribution in [0.3, 0.4) is 0 Å². The number of nitrogens with zero attached hydrogens (tertiary/aromatic N) is 4. The SMILES string of the molecule is COc1ccc(-n2c(SCC(=O)N/N=C/C=C/c3ccccc3[N+](=O)[O-])nc3ccccc3c2=O)cc1. The van der Waals surface area contributed by atoms with E-state index in [0.717, 1.165) is 11.8 Å². The maximum absolute atomic E-state index is 13.3. The molecule has 1 aromatic heterocycles. The van der Waals surface area contributed by atoms with Crippen molar-refractivity contribution in [3.05, 3.63) is 105 Å². The number of thioether (sulfide) groups is 1. The molecule has 0 saturated heterocycles. The van der Waals surface area contributed by atoms with E-state index in [4.69, 9.17) is 4.74 Å². The Labute approximate surface area is 215 Å². The number of hydrogen-bond acceptors (Lipinski definition) is 8. The van der Waals surface area contributed by atoms with Crippen LogP contribution in [0.5, 0.6) is 5.75 Å². The summed E-state index contributed by atoms with van der Waals surface area (Å²) in [5.41, 5.74) is 3.64. The lowest BCUT2D eigenvalue weighted by molar-refractivity contribution is -0.385. The van der Waals surface area contributed by atoms with Crippen LogP contribution >= 0.6 is 11.8 Å². The zero-order chi connectivity index (χ0) is 26.2. The Bertz CT molecular complexity index is 1560. The van der Waals surface area contributed by atoms with Crippen LogP contribution in [0.1, 0.15) is 5.56 Å². The van der Waals surface area contributed by atoms with Gasteiger partial charge in [0.1, 0.15) is 5.75 Å². The molecule has 0 unspecified atom stereocenters. The molecule has 0 fully saturated rings. The van der Waals surface area contributed by atoms with Crippen molar-refractivity contribution < 1.29 is 14.5 Å². The summed E-state index contributed by atoms with van der Waals surface area (Å²) < 4.78 is 6.66. The molecule has 0 aliphatic carbocycles. The van der Waals surface area contributed by atoms with E-state index < -0.39 is 10.8 Å². The highest BCUT2D eigenvalue weighted by atomic mass is 32.2. The van der Waals surface area contributed by atoms with Crippen LogP contribution in [-0.2, 0) is 4.79 Å². The Morgan fingerprint density at radius 1 is 1.14 bits per heavy atom. The number of benzene rings is 3. The minimum atomic E-state index is -0.470. The van der Waals surface area contributed by atoms with Gasteiger partial charge in [0, 0.05) is 12.3 Å². The lowest BCUT2D eigenvalue weighted by Gasteiger charge is -2.13. The van der Waals surface area contributed by atoms with E-state index in [1.807, 2.05) is 0 Å². The first-order valence-electron chi connectivity index (χ1n) is 11.0. The van der Waals surface area contributed by atoms with Gasteiger partial charge in [0.25, 0.3) is 17.2 Å². The van der Waals surface area contributed by atoms with Gasteiger partial charge in [-0.05, 0) is 54.6 Å². The van der Waals surface area contributed by atoms with E-state index in [0.29, 0.717) is 33.1 Å². The highest BCUT2D eigenvalue weighted by Gasteiger charge is 2.15. The molecule has 10 nitrogen and oxygen atoms in total. The van der Waals surface area contributed by atoms with Gasteiger partial charge >= 0.3 is 0 Å². The van der Waals surface area contributed by atoms with Crippen molar-refractivity contribution in [1.82, 2.24) is 15.0 Å². The number of ether oxygens (including phenoxy) is 1. The number of fused-ring (bicyclic) bond motifs is 1. The normalized spacial score (nSPS) is 11.3. The molecule has 11 heteroatoms. The minimum absolute atomic E-state index is 0.0293. The number of methoxy groups -OCH3 is 1. The zero-order valence-corrected chi connectivity index (χ0v) is 20.4. The van der Waals surface area contributed by atoms with Gasteiger partial charge < -0.3 is 4.74 Å². The predicted octanol–water partition coefficient (Wildman–Crippen LogP) is 4.21. The first-order valence-corrected chi connectivity index (χ1v) is 12.0. The molecule has 0 spiro atoms. The first-order chi connectivity index (χ1) is 18.0. The van der Waals surface area contributed by atoms with Crippen LogP contribution < -0.4 is 15.7 Å². The van der Waals surface area contributed by atoms with E-state index in [1.54, 1.807) is 73.8 Å². The molecule has 0 aliphatic rings. The van der Waals surface area contributed by atoms with Gasteiger partial charge in [0.15, 0.2) is 5.16 Å². The Balaban J connectivity index is 1.48. The smallest absolute Gasteiger partial charge is 0.276 e. The van der Waals surface area contributed by atoms with Gasteiger partial charge in [-0.3, -0.25) is 24.3 Å². The number of hydrazone groups is 1. The van der Waals surface area contributed by atoms with E-state index in [-0.39, 0.29) is 17.0 Å². The van der Waals surface area contributed by atoms with Gasteiger partial charge in [-0.2, -0.15) is 5.10 Å². The number of nitro groups is 1. The third kappa shape index (κ3) is 6.08. The average Bonchev–Trinajstić information content (AvgIpc) is 2.92. The van der Waals surface area contributed by atoms with E-state index in [1.165, 1.54) is 29.0 Å². The van der Waals surface area contributed by atoms with Crippen LogP contribution in [0.25, 0.3) is 22.7 Å². The quantitative estimate of drug-likeness (QED) is 0.116. The highest BCUT2D eigenvalue weighted by molar-refractivity contribution is 7.99. The molecule has 0 saturated carbocycles. The van der Waals surface area contributed by atoms with Gasteiger partial charge in [-0.15, -0.1) is 0 Å². The standard InChI is InChI=1S/C26H21N5O5S/c1-36-20-14-12-19(13-15-20)30-25(33)21-9-3-4-10-22(21)28-26(30)37-17-24(32)29-27-16-6-8-18-7-2-5-11-23(18)31(34)35/h2-16H,17H2,1H3,(H,29,32)/b8-6+,27-16+. The van der Waals surface area contributed by atoms with Gasteiger partial charge in [0.05, 0.1) is 39.9 Å². The molecule has 4 rings (SSSR count). The fourth-order valence-electron chi connectivity index (χ4n) is 3.42. The molecule has 3 aromatic carbocycles. The number of allylic oxidation sites excluding steroid dienone is 1. The number of aromatic nitrogens is 2. The van der Waals surface area contributed by atoms with Crippen molar-refractivity contribution in [1.29, 1.82) is 0 Å². The summed E-state index contributed by atoms with van der Waals surface area (Å²) >= 11 is 1.10. The zero-order valence-electron chi connectivity index (χ0n) is 19.6. The van der Waals surface area contributed by atoms with E-state index in [2.05, 4.69) is 15.5 Å². The Morgan fingerprint density at radius 2 is 1.86 bits per heavy atom. The highest BCUT2D eigenvalue weighted by Crippen LogP contribution is 2.23. The number of rotatable bonds is 9. The molecule has 0 aliphatic heterocycles. The lowest BCUT2D eigenvalue weighted by atomic mass is 10.2. The molecule has 186 valence electrons. The van der Waals surface area contributed by atoms with Gasteiger partial charge in [-0.25, -0.2) is 10.4 Å². The Hall–Kier alpha value is -4.77. The molecular formula is C26H21N5O5S. The van der Waals surface area contributed by atoms with Crippen LogP contribution in [-0.4, -0.2) is 39.5 Å². The molecule has 0 bridgehead atoms. The van der Waals surface area contributed by atoms with Gasteiger partial charge in [-0.1, -0.05) is 36.0 Å². The van der Waals surface area contributed by atoms with Crippen LogP contribution in [0, 0.1) is 10.1 Å². The molecule has 1 N–H and O–H groups in total. The summed E-state index contributed by atoms with van der Waals surface area (Å²) in [5.74, 6) is 0.184. The number of amides is 1. The molecule has 1 amide bonds. The number of hydrogen-bond donors (Lipinski definition) is 1. The summed E-state index contributed by atoms with van der Waals surface area (Å²) in [7, 11) is 1.56. The third-order valence-corrected chi connectivity index (χ3v) is 6.11. The number of nitrogens with one attached hydrogen (secondary N) is 1. The summed E-state index contributed by atoms with van der Waals surface area (Å²) in [6.07, 6.45) is 4.33. The summed E-state index contributed by atoms with van der Waals surface area (Å²) in [6.45, 7) is 0. The topological polar surface area (TPSA) is 129 Å². The van der Waals surface area contributed by atoms with E-state index in [9.17, 15) is 19.7 Å². The van der Waals surface area contributed by atoms with Crippen LogP contribution in [0.15, 0.2) is 93.9 Å². The minimum Gasteiger partial charge on any atom is -0.497 e. The number of carbonyl (C=O) groups excluding carboxylic acids is 1. The number of para-hydroxylation sites is 2. The van der Waals surface area contributed by atoms with Crippen LogP contribution in [0.4, 0.5) is 5.69 Å². The summed E-state index contributed by atoms with van der Waals surface area (Å²) in [6, 6.07) is 20.3. The van der Waals surface area contributed by atoms with Crippen molar-refractivity contribution in [3.8, 4) is 11.4 Å². The van der Waals surface area contributed by atoms with Gasteiger partial charge in [0.2, 0.25) is 0 Å². The van der Waals surface area contributed by atoms with Crippen molar-refractivity contribution in [2.45, 2.75) is 5.16 Å².